The van der Waals surface area contributed by atoms with Crippen molar-refractivity contribution in [2.24, 2.45) is 0 Å². The van der Waals surface area contributed by atoms with E-state index in [2.05, 4.69) is 23.3 Å². The van der Waals surface area contributed by atoms with Crippen LogP contribution in [0, 0.1) is 0 Å². The molecule has 0 aromatic carbocycles. The van der Waals surface area contributed by atoms with E-state index in [1.54, 1.807) is 0 Å². The van der Waals surface area contributed by atoms with Gasteiger partial charge in [-0.1, -0.05) is 26.3 Å². The molecule has 2 unspecified atom stereocenters. The SMILES string of the molecule is CCCC(NCCC(O)CC)c1ccccn1. The summed E-state index contributed by atoms with van der Waals surface area (Å²) in [4.78, 5) is 4.39. The molecular weight excluding hydrogens is 212 g/mol. The van der Waals surface area contributed by atoms with E-state index in [0.717, 1.165) is 37.9 Å². The van der Waals surface area contributed by atoms with Crippen LogP contribution in [0.5, 0.6) is 0 Å². The van der Waals surface area contributed by atoms with Crippen molar-refractivity contribution in [3.8, 4) is 0 Å². The molecule has 2 N–H and O–H groups in total. The van der Waals surface area contributed by atoms with Gasteiger partial charge in [-0.2, -0.15) is 0 Å². The molecule has 17 heavy (non-hydrogen) atoms. The molecule has 0 aliphatic carbocycles. The number of pyridine rings is 1. The Morgan fingerprint density at radius 2 is 2.12 bits per heavy atom. The summed E-state index contributed by atoms with van der Waals surface area (Å²) < 4.78 is 0. The lowest BCUT2D eigenvalue weighted by Gasteiger charge is -2.18. The smallest absolute Gasteiger partial charge is 0.0573 e. The molecule has 1 aromatic heterocycles. The summed E-state index contributed by atoms with van der Waals surface area (Å²) in [5, 5.41) is 13.0. The maximum atomic E-state index is 9.52. The van der Waals surface area contributed by atoms with Crippen molar-refractivity contribution in [2.45, 2.75) is 51.7 Å². The maximum Gasteiger partial charge on any atom is 0.0573 e. The van der Waals surface area contributed by atoms with Gasteiger partial charge in [-0.25, -0.2) is 0 Å². The highest BCUT2D eigenvalue weighted by atomic mass is 16.3. The first-order valence-electron chi connectivity index (χ1n) is 6.60. The number of rotatable bonds is 8. The molecule has 96 valence electrons. The largest absolute Gasteiger partial charge is 0.393 e. The van der Waals surface area contributed by atoms with Crippen LogP contribution < -0.4 is 5.32 Å². The summed E-state index contributed by atoms with van der Waals surface area (Å²) in [6, 6.07) is 6.33. The molecule has 0 amide bonds. The Morgan fingerprint density at radius 1 is 1.29 bits per heavy atom. The number of aromatic nitrogens is 1. The van der Waals surface area contributed by atoms with Gasteiger partial charge in [0.2, 0.25) is 0 Å². The number of hydrogen-bond donors (Lipinski definition) is 2. The quantitative estimate of drug-likeness (QED) is 0.729. The van der Waals surface area contributed by atoms with E-state index in [0.29, 0.717) is 6.04 Å². The summed E-state index contributed by atoms with van der Waals surface area (Å²) in [6.07, 6.45) is 5.49. The summed E-state index contributed by atoms with van der Waals surface area (Å²) in [6.45, 7) is 5.03. The predicted molar refractivity (Wildman–Crippen MR) is 70.8 cm³/mol. The van der Waals surface area contributed by atoms with Crippen LogP contribution in [0.3, 0.4) is 0 Å². The van der Waals surface area contributed by atoms with Crippen LogP contribution in [0.4, 0.5) is 0 Å². The average molecular weight is 236 g/mol. The first-order valence-corrected chi connectivity index (χ1v) is 6.60. The summed E-state index contributed by atoms with van der Waals surface area (Å²) in [5.74, 6) is 0. The fraction of sp³-hybridized carbons (Fsp3) is 0.643. The average Bonchev–Trinajstić information content (AvgIpc) is 2.38. The highest BCUT2D eigenvalue weighted by Crippen LogP contribution is 2.15. The molecule has 0 saturated carbocycles. The lowest BCUT2D eigenvalue weighted by molar-refractivity contribution is 0.158. The van der Waals surface area contributed by atoms with Crippen molar-refractivity contribution < 1.29 is 5.11 Å². The minimum absolute atomic E-state index is 0.187. The molecule has 0 bridgehead atoms. The van der Waals surface area contributed by atoms with Crippen molar-refractivity contribution >= 4 is 0 Å². The van der Waals surface area contributed by atoms with E-state index in [1.807, 2.05) is 25.3 Å². The minimum atomic E-state index is -0.187. The van der Waals surface area contributed by atoms with Gasteiger partial charge >= 0.3 is 0 Å². The second kappa shape index (κ2) is 8.20. The van der Waals surface area contributed by atoms with Gasteiger partial charge in [0.1, 0.15) is 0 Å². The zero-order valence-electron chi connectivity index (χ0n) is 10.9. The van der Waals surface area contributed by atoms with Crippen molar-refractivity contribution in [1.29, 1.82) is 0 Å². The molecule has 0 fully saturated rings. The van der Waals surface area contributed by atoms with Crippen LogP contribution in [-0.4, -0.2) is 22.7 Å². The predicted octanol–water partition coefficient (Wildman–Crippen LogP) is 2.67. The third-order valence-corrected chi connectivity index (χ3v) is 2.96. The Labute approximate surface area is 104 Å². The zero-order chi connectivity index (χ0) is 12.5. The van der Waals surface area contributed by atoms with E-state index in [-0.39, 0.29) is 6.10 Å². The molecule has 0 radical (unpaired) electrons. The second-order valence-corrected chi connectivity index (χ2v) is 4.40. The van der Waals surface area contributed by atoms with Crippen molar-refractivity contribution in [2.75, 3.05) is 6.54 Å². The highest BCUT2D eigenvalue weighted by molar-refractivity contribution is 5.08. The fourth-order valence-corrected chi connectivity index (χ4v) is 1.85. The second-order valence-electron chi connectivity index (χ2n) is 4.40. The Balaban J connectivity index is 2.44. The van der Waals surface area contributed by atoms with E-state index in [9.17, 15) is 5.11 Å². The number of aliphatic hydroxyl groups is 1. The first-order chi connectivity index (χ1) is 8.27. The molecule has 2 atom stereocenters. The minimum Gasteiger partial charge on any atom is -0.393 e. The van der Waals surface area contributed by atoms with E-state index in [4.69, 9.17) is 0 Å². The number of hydrogen-bond acceptors (Lipinski definition) is 3. The van der Waals surface area contributed by atoms with Crippen molar-refractivity contribution in [3.05, 3.63) is 30.1 Å². The summed E-state index contributed by atoms with van der Waals surface area (Å²) in [5.41, 5.74) is 1.10. The van der Waals surface area contributed by atoms with E-state index >= 15 is 0 Å². The van der Waals surface area contributed by atoms with Crippen LogP contribution in [0.2, 0.25) is 0 Å². The third kappa shape index (κ3) is 5.29. The number of nitrogens with zero attached hydrogens (tertiary/aromatic N) is 1. The summed E-state index contributed by atoms with van der Waals surface area (Å²) >= 11 is 0. The van der Waals surface area contributed by atoms with E-state index in [1.165, 1.54) is 0 Å². The molecule has 3 heteroatoms. The molecule has 1 aromatic rings. The Kier molecular flexibility index (Phi) is 6.82. The molecule has 0 saturated heterocycles. The van der Waals surface area contributed by atoms with Gasteiger partial charge < -0.3 is 10.4 Å². The number of aliphatic hydroxyl groups excluding tert-OH is 1. The zero-order valence-corrected chi connectivity index (χ0v) is 10.9. The normalized spacial score (nSPS) is 14.5. The van der Waals surface area contributed by atoms with Crippen LogP contribution in [-0.2, 0) is 0 Å². The monoisotopic (exact) mass is 236 g/mol. The van der Waals surface area contributed by atoms with Crippen LogP contribution in [0.25, 0.3) is 0 Å². The van der Waals surface area contributed by atoms with Crippen molar-refractivity contribution in [1.82, 2.24) is 10.3 Å². The highest BCUT2D eigenvalue weighted by Gasteiger charge is 2.11. The Bertz CT molecular complexity index is 290. The van der Waals surface area contributed by atoms with Crippen molar-refractivity contribution in [3.63, 3.8) is 0 Å². The molecule has 0 aliphatic rings. The first kappa shape index (κ1) is 14.1. The lowest BCUT2D eigenvalue weighted by Crippen LogP contribution is -2.25. The molecule has 1 rings (SSSR count). The molecular formula is C14H24N2O. The van der Waals surface area contributed by atoms with Gasteiger partial charge in [-0.05, 0) is 37.9 Å². The molecule has 0 aliphatic heterocycles. The Morgan fingerprint density at radius 3 is 2.71 bits per heavy atom. The lowest BCUT2D eigenvalue weighted by atomic mass is 10.1. The third-order valence-electron chi connectivity index (χ3n) is 2.96. The standard InChI is InChI=1S/C14H24N2O/c1-3-7-13(14-8-5-6-10-15-14)16-11-9-12(17)4-2/h5-6,8,10,12-13,16-17H,3-4,7,9,11H2,1-2H3. The van der Waals surface area contributed by atoms with Gasteiger partial charge in [0.25, 0.3) is 0 Å². The van der Waals surface area contributed by atoms with E-state index < -0.39 is 0 Å². The number of nitrogens with one attached hydrogen (secondary N) is 1. The maximum absolute atomic E-state index is 9.52. The Hall–Kier alpha value is -0.930. The topological polar surface area (TPSA) is 45.1 Å². The van der Waals surface area contributed by atoms with Gasteiger partial charge in [0.05, 0.1) is 11.8 Å². The van der Waals surface area contributed by atoms with Gasteiger partial charge in [0, 0.05) is 12.2 Å². The van der Waals surface area contributed by atoms with Gasteiger partial charge in [-0.15, -0.1) is 0 Å². The molecule has 1 heterocycles. The van der Waals surface area contributed by atoms with Crippen LogP contribution >= 0.6 is 0 Å². The van der Waals surface area contributed by atoms with Gasteiger partial charge in [-0.3, -0.25) is 4.98 Å². The van der Waals surface area contributed by atoms with Crippen LogP contribution in [0.1, 0.15) is 51.3 Å². The summed E-state index contributed by atoms with van der Waals surface area (Å²) in [7, 11) is 0. The van der Waals surface area contributed by atoms with Crippen LogP contribution in [0.15, 0.2) is 24.4 Å². The molecule has 3 nitrogen and oxygen atoms in total. The molecule has 0 spiro atoms. The van der Waals surface area contributed by atoms with Gasteiger partial charge in [0.15, 0.2) is 0 Å². The fourth-order valence-electron chi connectivity index (χ4n) is 1.85.